The molecule has 0 fully saturated rings. The molecule has 0 saturated carbocycles. The first kappa shape index (κ1) is 17.2. The molecular formula is C18H19ClN4O2. The molecule has 0 spiro atoms. The van der Waals surface area contributed by atoms with Gasteiger partial charge in [-0.2, -0.15) is 9.78 Å². The van der Waals surface area contributed by atoms with Crippen molar-refractivity contribution >= 4 is 17.6 Å². The van der Waals surface area contributed by atoms with Crippen molar-refractivity contribution in [3.8, 4) is 22.5 Å². The van der Waals surface area contributed by atoms with Crippen molar-refractivity contribution < 1.29 is 9.32 Å². The highest BCUT2D eigenvalue weighted by Crippen LogP contribution is 2.33. The largest absolute Gasteiger partial charge is 0.360 e. The summed E-state index contributed by atoms with van der Waals surface area (Å²) in [4.78, 5) is 12.2. The Bertz CT molecular complexity index is 883. The van der Waals surface area contributed by atoms with Gasteiger partial charge in [0, 0.05) is 22.8 Å². The van der Waals surface area contributed by atoms with E-state index in [-0.39, 0.29) is 12.1 Å². The molecule has 2 aromatic heterocycles. The number of carbonyl (C=O) groups excluding carboxylic acids is 1. The third kappa shape index (κ3) is 3.58. The summed E-state index contributed by atoms with van der Waals surface area (Å²) in [5.41, 5.74) is 2.93. The van der Waals surface area contributed by atoms with E-state index in [1.807, 2.05) is 32.9 Å². The average molecular weight is 359 g/mol. The van der Waals surface area contributed by atoms with Crippen LogP contribution >= 0.6 is 11.6 Å². The molecule has 0 radical (unpaired) electrons. The van der Waals surface area contributed by atoms with Crippen LogP contribution < -0.4 is 5.32 Å². The molecule has 130 valence electrons. The number of rotatable bonds is 4. The molecule has 0 aliphatic heterocycles. The lowest BCUT2D eigenvalue weighted by molar-refractivity contribution is 0.236. The smallest absolute Gasteiger partial charge is 0.342 e. The number of nitrogens with one attached hydrogen (secondary N) is 1. The quantitative estimate of drug-likeness (QED) is 0.744. The predicted octanol–water partition coefficient (Wildman–Crippen LogP) is 4.52. The van der Waals surface area contributed by atoms with E-state index in [2.05, 4.69) is 15.6 Å². The van der Waals surface area contributed by atoms with Gasteiger partial charge in [0.15, 0.2) is 0 Å². The number of benzene rings is 1. The van der Waals surface area contributed by atoms with Gasteiger partial charge in [0.05, 0.1) is 11.3 Å². The van der Waals surface area contributed by atoms with Gasteiger partial charge >= 0.3 is 6.03 Å². The van der Waals surface area contributed by atoms with Crippen LogP contribution in [0.2, 0.25) is 5.02 Å². The maximum absolute atomic E-state index is 12.2. The third-order valence-corrected chi connectivity index (χ3v) is 4.27. The Morgan fingerprint density at radius 2 is 2.04 bits per heavy atom. The van der Waals surface area contributed by atoms with Gasteiger partial charge < -0.3 is 9.84 Å². The van der Waals surface area contributed by atoms with E-state index in [4.69, 9.17) is 16.1 Å². The molecule has 3 rings (SSSR count). The van der Waals surface area contributed by atoms with Gasteiger partial charge in [-0.25, -0.2) is 4.79 Å². The fraction of sp³-hybridized carbons (Fsp3) is 0.278. The van der Waals surface area contributed by atoms with E-state index >= 15 is 0 Å². The van der Waals surface area contributed by atoms with E-state index in [1.54, 1.807) is 24.4 Å². The lowest BCUT2D eigenvalue weighted by Gasteiger charge is -2.10. The Balaban J connectivity index is 1.94. The van der Waals surface area contributed by atoms with Crippen LogP contribution in [0, 0.1) is 6.92 Å². The van der Waals surface area contributed by atoms with Crippen molar-refractivity contribution in [2.24, 2.45) is 0 Å². The Morgan fingerprint density at radius 3 is 2.72 bits per heavy atom. The van der Waals surface area contributed by atoms with Crippen LogP contribution in [-0.2, 0) is 0 Å². The third-order valence-electron chi connectivity index (χ3n) is 4.02. The van der Waals surface area contributed by atoms with Gasteiger partial charge in [-0.1, -0.05) is 35.8 Å². The Kier molecular flexibility index (Phi) is 4.90. The van der Waals surface area contributed by atoms with Crippen LogP contribution in [0.15, 0.2) is 41.1 Å². The van der Waals surface area contributed by atoms with Crippen molar-refractivity contribution in [3.63, 3.8) is 0 Å². The summed E-state index contributed by atoms with van der Waals surface area (Å²) in [6.45, 7) is 5.78. The monoisotopic (exact) mass is 358 g/mol. The zero-order valence-electron chi connectivity index (χ0n) is 14.3. The first-order chi connectivity index (χ1) is 12.0. The molecular weight excluding hydrogens is 340 g/mol. The average Bonchev–Trinajstić information content (AvgIpc) is 3.22. The minimum absolute atomic E-state index is 0.0853. The molecule has 3 aromatic rings. The first-order valence-corrected chi connectivity index (χ1v) is 8.46. The van der Waals surface area contributed by atoms with Gasteiger partial charge in [-0.3, -0.25) is 0 Å². The molecule has 1 N–H and O–H groups in total. The lowest BCUT2D eigenvalue weighted by Crippen LogP contribution is -2.35. The molecule has 1 amide bonds. The van der Waals surface area contributed by atoms with E-state index < -0.39 is 0 Å². The molecule has 0 saturated heterocycles. The number of nitrogens with zero attached hydrogens (tertiary/aromatic N) is 3. The molecule has 1 unspecified atom stereocenters. The lowest BCUT2D eigenvalue weighted by atomic mass is 10.0. The zero-order valence-corrected chi connectivity index (χ0v) is 15.0. The van der Waals surface area contributed by atoms with E-state index in [9.17, 15) is 4.79 Å². The minimum atomic E-state index is -0.261. The first-order valence-electron chi connectivity index (χ1n) is 8.08. The molecule has 2 heterocycles. The Hall–Kier alpha value is -2.60. The molecule has 0 aliphatic rings. The van der Waals surface area contributed by atoms with Crippen LogP contribution in [-0.4, -0.2) is 27.0 Å². The van der Waals surface area contributed by atoms with Gasteiger partial charge in [0.2, 0.25) is 0 Å². The fourth-order valence-corrected chi connectivity index (χ4v) is 2.55. The highest BCUT2D eigenvalue weighted by atomic mass is 35.5. The normalized spacial score (nSPS) is 12.2. The number of carbonyl (C=O) groups is 1. The van der Waals surface area contributed by atoms with Crippen LogP contribution in [0.4, 0.5) is 4.79 Å². The van der Waals surface area contributed by atoms with Crippen molar-refractivity contribution in [1.29, 1.82) is 0 Å². The summed E-state index contributed by atoms with van der Waals surface area (Å²) in [5, 5.41) is 12.1. The second-order valence-electron chi connectivity index (χ2n) is 5.87. The van der Waals surface area contributed by atoms with Crippen LogP contribution in [0.5, 0.6) is 0 Å². The molecule has 0 bridgehead atoms. The maximum Gasteiger partial charge on any atom is 0.342 e. The van der Waals surface area contributed by atoms with Gasteiger partial charge in [-0.05, 0) is 38.5 Å². The van der Waals surface area contributed by atoms with Gasteiger partial charge in [0.1, 0.15) is 11.5 Å². The Labute approximate surface area is 150 Å². The summed E-state index contributed by atoms with van der Waals surface area (Å²) in [6.07, 6.45) is 2.48. The minimum Gasteiger partial charge on any atom is -0.360 e. The summed E-state index contributed by atoms with van der Waals surface area (Å²) >= 11 is 5.95. The molecule has 1 aromatic carbocycles. The SMILES string of the molecule is CCC(C)NC(=O)n1ccc(-c2c(-c3ccc(Cl)cc3)noc2C)n1. The summed E-state index contributed by atoms with van der Waals surface area (Å²) < 4.78 is 6.64. The van der Waals surface area contributed by atoms with Crippen LogP contribution in [0.1, 0.15) is 26.0 Å². The zero-order chi connectivity index (χ0) is 18.0. The van der Waals surface area contributed by atoms with Crippen LogP contribution in [0.3, 0.4) is 0 Å². The second kappa shape index (κ2) is 7.11. The van der Waals surface area contributed by atoms with Crippen LogP contribution in [0.25, 0.3) is 22.5 Å². The maximum atomic E-state index is 12.2. The van der Waals surface area contributed by atoms with Crippen molar-refractivity contribution in [1.82, 2.24) is 20.3 Å². The molecule has 25 heavy (non-hydrogen) atoms. The number of hydrogen-bond donors (Lipinski definition) is 1. The predicted molar refractivity (Wildman–Crippen MR) is 96.6 cm³/mol. The summed E-state index contributed by atoms with van der Waals surface area (Å²) in [7, 11) is 0. The number of amides is 1. The van der Waals surface area contributed by atoms with E-state index in [1.165, 1.54) is 4.68 Å². The summed E-state index contributed by atoms with van der Waals surface area (Å²) in [5.74, 6) is 0.637. The second-order valence-corrected chi connectivity index (χ2v) is 6.31. The highest BCUT2D eigenvalue weighted by Gasteiger charge is 2.20. The molecule has 7 heteroatoms. The molecule has 6 nitrogen and oxygen atoms in total. The van der Waals surface area contributed by atoms with Crippen molar-refractivity contribution in [3.05, 3.63) is 47.3 Å². The fourth-order valence-electron chi connectivity index (χ4n) is 2.43. The Morgan fingerprint density at radius 1 is 1.32 bits per heavy atom. The van der Waals surface area contributed by atoms with E-state index in [0.717, 1.165) is 17.5 Å². The number of aryl methyl sites for hydroxylation is 1. The highest BCUT2D eigenvalue weighted by molar-refractivity contribution is 6.30. The van der Waals surface area contributed by atoms with E-state index in [0.29, 0.717) is 22.2 Å². The number of hydrogen-bond acceptors (Lipinski definition) is 4. The summed E-state index contributed by atoms with van der Waals surface area (Å²) in [6, 6.07) is 8.93. The molecule has 1 atom stereocenters. The van der Waals surface area contributed by atoms with Gasteiger partial charge in [0.25, 0.3) is 0 Å². The topological polar surface area (TPSA) is 73.0 Å². The number of halogens is 1. The van der Waals surface area contributed by atoms with Crippen molar-refractivity contribution in [2.45, 2.75) is 33.2 Å². The number of aromatic nitrogens is 3. The standard InChI is InChI=1S/C18H19ClN4O2/c1-4-11(2)20-18(24)23-10-9-15(21-23)16-12(3)25-22-17(16)13-5-7-14(19)8-6-13/h5-11H,4H2,1-3H3,(H,20,24). The molecule has 0 aliphatic carbocycles. The van der Waals surface area contributed by atoms with Gasteiger partial charge in [-0.15, -0.1) is 0 Å². The van der Waals surface area contributed by atoms with Crippen molar-refractivity contribution in [2.75, 3.05) is 0 Å².